The number of nitrogens with zero attached hydrogens (tertiary/aromatic N) is 3. The number of aryl methyl sites for hydroxylation is 1. The second kappa shape index (κ2) is 8.33. The van der Waals surface area contributed by atoms with Gasteiger partial charge in [0.1, 0.15) is 0 Å². The molecule has 2 atom stereocenters. The average molecular weight is 391 g/mol. The molecule has 6 heteroatoms. The Labute approximate surface area is 171 Å². The number of aromatic nitrogens is 1. The number of rotatable bonds is 6. The Morgan fingerprint density at radius 3 is 2.52 bits per heavy atom. The smallest absolute Gasteiger partial charge is 0.254 e. The molecule has 1 aromatic heterocycles. The Balaban J connectivity index is 1.32. The fraction of sp³-hybridized carbons (Fsp3) is 0.391. The first kappa shape index (κ1) is 19.6. The van der Waals surface area contributed by atoms with Gasteiger partial charge in [0.25, 0.3) is 5.91 Å². The molecule has 2 amide bonds. The van der Waals surface area contributed by atoms with E-state index in [9.17, 15) is 9.59 Å². The van der Waals surface area contributed by atoms with Gasteiger partial charge in [0.2, 0.25) is 5.91 Å². The Morgan fingerprint density at radius 1 is 1.10 bits per heavy atom. The molecule has 29 heavy (non-hydrogen) atoms. The Hall–Kier alpha value is -2.73. The van der Waals surface area contributed by atoms with Crippen molar-refractivity contribution in [3.63, 3.8) is 0 Å². The second-order valence-electron chi connectivity index (χ2n) is 8.10. The maximum absolute atomic E-state index is 13.1. The molecule has 0 saturated carbocycles. The number of amides is 2. The van der Waals surface area contributed by atoms with Crippen LogP contribution in [0.2, 0.25) is 0 Å². The first-order chi connectivity index (χ1) is 14.0. The summed E-state index contributed by atoms with van der Waals surface area (Å²) in [5.41, 5.74) is 8.09. The van der Waals surface area contributed by atoms with Crippen molar-refractivity contribution < 1.29 is 9.59 Å². The first-order valence-corrected chi connectivity index (χ1v) is 10.2. The van der Waals surface area contributed by atoms with E-state index in [-0.39, 0.29) is 5.91 Å². The molecule has 4 rings (SSSR count). The largest absolute Gasteiger partial charge is 0.366 e. The minimum absolute atomic E-state index is 0.0682. The van der Waals surface area contributed by atoms with Gasteiger partial charge in [-0.05, 0) is 55.5 Å². The predicted molar refractivity (Wildman–Crippen MR) is 111 cm³/mol. The number of hydrogen-bond donors (Lipinski definition) is 1. The van der Waals surface area contributed by atoms with E-state index in [1.807, 2.05) is 42.3 Å². The van der Waals surface area contributed by atoms with Crippen molar-refractivity contribution in [1.82, 2.24) is 14.8 Å². The number of hydrogen-bond acceptors (Lipinski definition) is 4. The molecule has 1 unspecified atom stereocenters. The van der Waals surface area contributed by atoms with Crippen LogP contribution in [-0.2, 0) is 0 Å². The molecule has 2 aromatic rings. The van der Waals surface area contributed by atoms with Crippen LogP contribution in [0.4, 0.5) is 0 Å². The molecule has 1 aromatic carbocycles. The number of likely N-dealkylation sites (tertiary alicyclic amines) is 2. The molecule has 2 saturated heterocycles. The van der Waals surface area contributed by atoms with Gasteiger partial charge in [-0.3, -0.25) is 14.6 Å². The highest BCUT2D eigenvalue weighted by Gasteiger charge is 2.42. The van der Waals surface area contributed by atoms with Gasteiger partial charge in [-0.2, -0.15) is 0 Å². The van der Waals surface area contributed by atoms with E-state index in [1.54, 1.807) is 12.1 Å². The zero-order chi connectivity index (χ0) is 20.4. The highest BCUT2D eigenvalue weighted by molar-refractivity contribution is 6.07. The van der Waals surface area contributed by atoms with Crippen LogP contribution in [0.3, 0.4) is 0 Å². The fourth-order valence-electron chi connectivity index (χ4n) is 4.65. The molecule has 0 bridgehead atoms. The third-order valence-electron chi connectivity index (χ3n) is 6.09. The van der Waals surface area contributed by atoms with Gasteiger partial charge in [-0.25, -0.2) is 0 Å². The standard InChI is InChI=1S/C23H27N4O2/c1-16-6-4-9-20(22(24)28)21(16)23(29)27-14-17-12-26(13-18(17)15-27)11-5-8-19-7-2-3-10-25-19/h2-4,6-10,17-18H,5,11-15H2,1H3,(H2,24,28)/t17-,18?/m0/s1. The van der Waals surface area contributed by atoms with Crippen molar-refractivity contribution in [2.45, 2.75) is 13.3 Å². The summed E-state index contributed by atoms with van der Waals surface area (Å²) in [6.45, 7) is 6.40. The molecule has 1 radical (unpaired) electrons. The molecule has 0 spiro atoms. The lowest BCUT2D eigenvalue weighted by Crippen LogP contribution is -2.35. The molecule has 2 aliphatic heterocycles. The molecular formula is C23H27N4O2. The van der Waals surface area contributed by atoms with Crippen molar-refractivity contribution in [2.24, 2.45) is 17.6 Å². The summed E-state index contributed by atoms with van der Waals surface area (Å²) >= 11 is 0. The Morgan fingerprint density at radius 2 is 1.86 bits per heavy atom. The molecular weight excluding hydrogens is 364 g/mol. The van der Waals surface area contributed by atoms with Crippen molar-refractivity contribution in [1.29, 1.82) is 0 Å². The summed E-state index contributed by atoms with van der Waals surface area (Å²) in [7, 11) is 0. The maximum Gasteiger partial charge on any atom is 0.254 e. The lowest BCUT2D eigenvalue weighted by Gasteiger charge is -2.23. The molecule has 3 heterocycles. The monoisotopic (exact) mass is 391 g/mol. The third kappa shape index (κ3) is 4.17. The highest BCUT2D eigenvalue weighted by Crippen LogP contribution is 2.32. The maximum atomic E-state index is 13.1. The lowest BCUT2D eigenvalue weighted by atomic mass is 10.00. The van der Waals surface area contributed by atoms with E-state index < -0.39 is 5.91 Å². The van der Waals surface area contributed by atoms with Crippen molar-refractivity contribution in [3.05, 3.63) is 71.4 Å². The summed E-state index contributed by atoms with van der Waals surface area (Å²) in [5, 5.41) is 0. The number of pyridine rings is 1. The number of benzene rings is 1. The topological polar surface area (TPSA) is 79.5 Å². The number of primary amides is 1. The minimum atomic E-state index is -0.549. The van der Waals surface area contributed by atoms with Crippen LogP contribution in [0.1, 0.15) is 38.4 Å². The number of carbonyl (C=O) groups excluding carboxylic acids is 2. The zero-order valence-corrected chi connectivity index (χ0v) is 16.8. The second-order valence-corrected chi connectivity index (χ2v) is 8.10. The zero-order valence-electron chi connectivity index (χ0n) is 16.8. The Bertz CT molecular complexity index is 885. The molecule has 6 nitrogen and oxygen atoms in total. The van der Waals surface area contributed by atoms with Crippen LogP contribution in [0.25, 0.3) is 0 Å². The molecule has 2 N–H and O–H groups in total. The van der Waals surface area contributed by atoms with Gasteiger partial charge >= 0.3 is 0 Å². The average Bonchev–Trinajstić information content (AvgIpc) is 3.27. The summed E-state index contributed by atoms with van der Waals surface area (Å²) < 4.78 is 0. The van der Waals surface area contributed by atoms with Crippen LogP contribution < -0.4 is 5.73 Å². The third-order valence-corrected chi connectivity index (χ3v) is 6.09. The number of nitrogens with two attached hydrogens (primary N) is 1. The van der Waals surface area contributed by atoms with Crippen LogP contribution in [-0.4, -0.2) is 59.3 Å². The summed E-state index contributed by atoms with van der Waals surface area (Å²) in [5.74, 6) is 0.373. The number of fused-ring (bicyclic) bond motifs is 1. The Kier molecular flexibility index (Phi) is 5.62. The van der Waals surface area contributed by atoms with Crippen molar-refractivity contribution in [2.75, 3.05) is 32.7 Å². The van der Waals surface area contributed by atoms with Crippen LogP contribution in [0.15, 0.2) is 42.6 Å². The van der Waals surface area contributed by atoms with Gasteiger partial charge in [0.15, 0.2) is 0 Å². The van der Waals surface area contributed by atoms with Crippen LogP contribution in [0.5, 0.6) is 0 Å². The highest BCUT2D eigenvalue weighted by atomic mass is 16.2. The van der Waals surface area contributed by atoms with Gasteiger partial charge < -0.3 is 15.5 Å². The predicted octanol–water partition coefficient (Wildman–Crippen LogP) is 2.14. The van der Waals surface area contributed by atoms with E-state index in [0.29, 0.717) is 23.0 Å². The quantitative estimate of drug-likeness (QED) is 0.818. The van der Waals surface area contributed by atoms with E-state index in [2.05, 4.69) is 16.3 Å². The van der Waals surface area contributed by atoms with Crippen LogP contribution in [0, 0.1) is 25.2 Å². The van der Waals surface area contributed by atoms with Gasteiger partial charge in [-0.15, -0.1) is 0 Å². The molecule has 2 fully saturated rings. The van der Waals surface area contributed by atoms with E-state index >= 15 is 0 Å². The van der Waals surface area contributed by atoms with Gasteiger partial charge in [0.05, 0.1) is 11.1 Å². The van der Waals surface area contributed by atoms with Crippen molar-refractivity contribution >= 4 is 11.8 Å². The summed E-state index contributed by atoms with van der Waals surface area (Å²) in [4.78, 5) is 33.6. The van der Waals surface area contributed by atoms with E-state index in [1.165, 1.54) is 0 Å². The van der Waals surface area contributed by atoms with Gasteiger partial charge in [-0.1, -0.05) is 18.2 Å². The van der Waals surface area contributed by atoms with Crippen molar-refractivity contribution in [3.8, 4) is 0 Å². The molecule has 0 aliphatic carbocycles. The molecule has 2 aliphatic rings. The van der Waals surface area contributed by atoms with E-state index in [4.69, 9.17) is 5.73 Å². The fourth-order valence-corrected chi connectivity index (χ4v) is 4.65. The van der Waals surface area contributed by atoms with Crippen LogP contribution >= 0.6 is 0 Å². The normalized spacial score (nSPS) is 21.3. The number of carbonyl (C=O) groups is 2. The SMILES string of the molecule is Cc1cccc(C(N)=O)c1C(=O)N1CC2CN(CC[CH]c3ccccn3)C[C@H]2C1. The molecule has 151 valence electrons. The first-order valence-electron chi connectivity index (χ1n) is 10.2. The van der Waals surface area contributed by atoms with E-state index in [0.717, 1.165) is 50.4 Å². The minimum Gasteiger partial charge on any atom is -0.366 e. The summed E-state index contributed by atoms with van der Waals surface area (Å²) in [6, 6.07) is 11.2. The lowest BCUT2D eigenvalue weighted by molar-refractivity contribution is 0.0768. The summed E-state index contributed by atoms with van der Waals surface area (Å²) in [6.07, 6.45) is 4.97. The van der Waals surface area contributed by atoms with Gasteiger partial charge in [0, 0.05) is 44.5 Å².